The van der Waals surface area contributed by atoms with Gasteiger partial charge in [0, 0.05) is 7.11 Å². The minimum absolute atomic E-state index is 0.142. The van der Waals surface area contributed by atoms with Crippen molar-refractivity contribution in [1.82, 2.24) is 10.2 Å². The van der Waals surface area contributed by atoms with Gasteiger partial charge >= 0.3 is 6.03 Å². The minimum atomic E-state index is -1.05. The van der Waals surface area contributed by atoms with Crippen molar-refractivity contribution in [3.8, 4) is 0 Å². The Labute approximate surface area is 118 Å². The highest BCUT2D eigenvalue weighted by Gasteiger charge is 2.54. The second kappa shape index (κ2) is 5.16. The highest BCUT2D eigenvalue weighted by atomic mass is 16.5. The lowest BCUT2D eigenvalue weighted by Gasteiger charge is -2.43. The third-order valence-electron chi connectivity index (χ3n) is 4.35. The van der Waals surface area contributed by atoms with Crippen molar-refractivity contribution in [2.24, 2.45) is 5.41 Å². The molecule has 20 heavy (non-hydrogen) atoms. The third kappa shape index (κ3) is 2.44. The Morgan fingerprint density at radius 3 is 2.35 bits per heavy atom. The molecule has 2 rings (SSSR count). The number of carbonyl (C=O) groups excluding carboxylic acids is 3. The lowest BCUT2D eigenvalue weighted by Crippen LogP contribution is -2.66. The summed E-state index contributed by atoms with van der Waals surface area (Å²) in [7, 11) is 1.54. The molecule has 1 spiro atoms. The molecule has 1 N–H and O–H groups in total. The van der Waals surface area contributed by atoms with Crippen molar-refractivity contribution < 1.29 is 19.1 Å². The summed E-state index contributed by atoms with van der Waals surface area (Å²) >= 11 is 0. The van der Waals surface area contributed by atoms with Gasteiger partial charge in [-0.3, -0.25) is 19.8 Å². The minimum Gasteiger partial charge on any atom is -0.377 e. The van der Waals surface area contributed by atoms with Crippen LogP contribution < -0.4 is 5.32 Å². The number of nitrogens with one attached hydrogen (secondary N) is 1. The summed E-state index contributed by atoms with van der Waals surface area (Å²) in [5.74, 6) is -0.797. The molecule has 0 unspecified atom stereocenters. The Kier molecular flexibility index (Phi) is 3.86. The summed E-state index contributed by atoms with van der Waals surface area (Å²) < 4.78 is 5.28. The van der Waals surface area contributed by atoms with Crippen LogP contribution in [0.2, 0.25) is 0 Å². The molecule has 6 nitrogen and oxygen atoms in total. The van der Waals surface area contributed by atoms with Crippen molar-refractivity contribution in [1.29, 1.82) is 0 Å². The molecule has 1 saturated heterocycles. The summed E-state index contributed by atoms with van der Waals surface area (Å²) in [6.07, 6.45) is 3.76. The molecular weight excluding hydrogens is 260 g/mol. The van der Waals surface area contributed by atoms with E-state index in [1.807, 2.05) is 0 Å². The first kappa shape index (κ1) is 15.0. The van der Waals surface area contributed by atoms with E-state index in [0.29, 0.717) is 12.8 Å². The Morgan fingerprint density at radius 2 is 1.80 bits per heavy atom. The number of rotatable bonds is 3. The van der Waals surface area contributed by atoms with Crippen LogP contribution in [0.15, 0.2) is 0 Å². The molecule has 1 heterocycles. The van der Waals surface area contributed by atoms with Gasteiger partial charge in [0.15, 0.2) is 0 Å². The first-order valence-corrected chi connectivity index (χ1v) is 7.05. The Balaban J connectivity index is 2.27. The zero-order chi connectivity index (χ0) is 15.0. The Hall–Kier alpha value is -1.43. The van der Waals surface area contributed by atoms with Crippen LogP contribution in [-0.2, 0) is 14.3 Å². The van der Waals surface area contributed by atoms with E-state index >= 15 is 0 Å². The number of nitrogens with zero attached hydrogens (tertiary/aromatic N) is 1. The fourth-order valence-electron chi connectivity index (χ4n) is 2.92. The molecule has 0 radical (unpaired) electrons. The maximum absolute atomic E-state index is 12.7. The van der Waals surface area contributed by atoms with Crippen molar-refractivity contribution in [3.05, 3.63) is 0 Å². The van der Waals surface area contributed by atoms with Gasteiger partial charge in [-0.15, -0.1) is 0 Å². The predicted octanol–water partition coefficient (Wildman–Crippen LogP) is 1.44. The molecule has 0 aromatic carbocycles. The average molecular weight is 282 g/mol. The van der Waals surface area contributed by atoms with Crippen LogP contribution in [0.25, 0.3) is 0 Å². The number of hydrogen-bond acceptors (Lipinski definition) is 4. The molecule has 0 atom stereocenters. The molecule has 2 fully saturated rings. The van der Waals surface area contributed by atoms with Gasteiger partial charge in [0.1, 0.15) is 5.41 Å². The van der Waals surface area contributed by atoms with E-state index < -0.39 is 23.0 Å². The maximum Gasteiger partial charge on any atom is 0.330 e. The molecule has 1 aliphatic carbocycles. The van der Waals surface area contributed by atoms with E-state index in [9.17, 15) is 14.4 Å². The van der Waals surface area contributed by atoms with Crippen LogP contribution in [-0.4, -0.2) is 42.0 Å². The normalized spacial score (nSPS) is 23.1. The summed E-state index contributed by atoms with van der Waals surface area (Å²) in [5.41, 5.74) is -1.68. The molecule has 0 bridgehead atoms. The van der Waals surface area contributed by atoms with Gasteiger partial charge in [-0.25, -0.2) is 4.79 Å². The second-order valence-corrected chi connectivity index (χ2v) is 6.26. The summed E-state index contributed by atoms with van der Waals surface area (Å²) in [6.45, 7) is 3.75. The van der Waals surface area contributed by atoms with E-state index in [1.54, 1.807) is 13.8 Å². The predicted molar refractivity (Wildman–Crippen MR) is 71.9 cm³/mol. The average Bonchev–Trinajstić information content (AvgIpc) is 2.43. The van der Waals surface area contributed by atoms with Crippen molar-refractivity contribution in [2.45, 2.75) is 51.6 Å². The molecule has 4 amide bonds. The van der Waals surface area contributed by atoms with Crippen LogP contribution in [0.5, 0.6) is 0 Å². The second-order valence-electron chi connectivity index (χ2n) is 6.26. The molecule has 6 heteroatoms. The van der Waals surface area contributed by atoms with Crippen LogP contribution in [0.3, 0.4) is 0 Å². The van der Waals surface area contributed by atoms with Gasteiger partial charge in [0.25, 0.3) is 0 Å². The number of amides is 4. The first-order valence-electron chi connectivity index (χ1n) is 7.05. The number of barbiturate groups is 1. The van der Waals surface area contributed by atoms with Crippen LogP contribution in [0, 0.1) is 5.41 Å². The van der Waals surface area contributed by atoms with Crippen molar-refractivity contribution >= 4 is 17.8 Å². The van der Waals surface area contributed by atoms with Crippen LogP contribution in [0.4, 0.5) is 4.79 Å². The Morgan fingerprint density at radius 1 is 1.20 bits per heavy atom. The third-order valence-corrected chi connectivity index (χ3v) is 4.35. The zero-order valence-corrected chi connectivity index (χ0v) is 12.3. The number of urea groups is 1. The SMILES string of the molecule is COC(C)(C)CN1C(=O)NC(=O)C2(CCCCC2)C1=O. The topological polar surface area (TPSA) is 75.7 Å². The highest BCUT2D eigenvalue weighted by molar-refractivity contribution is 6.19. The van der Waals surface area contributed by atoms with E-state index in [-0.39, 0.29) is 12.5 Å². The lowest BCUT2D eigenvalue weighted by molar-refractivity contribution is -0.156. The monoisotopic (exact) mass is 282 g/mol. The van der Waals surface area contributed by atoms with Gasteiger partial charge < -0.3 is 4.74 Å². The van der Waals surface area contributed by atoms with E-state index in [2.05, 4.69) is 5.32 Å². The number of ether oxygens (including phenoxy) is 1. The first-order chi connectivity index (χ1) is 9.32. The molecule has 1 saturated carbocycles. The molecule has 0 aromatic heterocycles. The van der Waals surface area contributed by atoms with E-state index in [0.717, 1.165) is 24.2 Å². The van der Waals surface area contributed by atoms with E-state index in [1.165, 1.54) is 7.11 Å². The maximum atomic E-state index is 12.7. The van der Waals surface area contributed by atoms with Crippen LogP contribution in [0.1, 0.15) is 46.0 Å². The molecule has 112 valence electrons. The summed E-state index contributed by atoms with van der Waals surface area (Å²) in [6, 6.07) is -0.638. The highest BCUT2D eigenvalue weighted by Crippen LogP contribution is 2.40. The number of carbonyl (C=O) groups is 3. The fourth-order valence-corrected chi connectivity index (χ4v) is 2.92. The largest absolute Gasteiger partial charge is 0.377 e. The van der Waals surface area contributed by atoms with Crippen molar-refractivity contribution in [2.75, 3.05) is 13.7 Å². The number of imide groups is 2. The van der Waals surface area contributed by atoms with Gasteiger partial charge in [-0.05, 0) is 26.7 Å². The quantitative estimate of drug-likeness (QED) is 0.795. The van der Waals surface area contributed by atoms with Gasteiger partial charge in [-0.1, -0.05) is 19.3 Å². The number of hydrogen-bond donors (Lipinski definition) is 1. The lowest BCUT2D eigenvalue weighted by atomic mass is 9.71. The molecular formula is C14H22N2O4. The zero-order valence-electron chi connectivity index (χ0n) is 12.3. The van der Waals surface area contributed by atoms with Gasteiger partial charge in [0.05, 0.1) is 12.1 Å². The van der Waals surface area contributed by atoms with Crippen LogP contribution >= 0.6 is 0 Å². The van der Waals surface area contributed by atoms with E-state index in [4.69, 9.17) is 4.74 Å². The molecule has 2 aliphatic rings. The van der Waals surface area contributed by atoms with Gasteiger partial charge in [-0.2, -0.15) is 0 Å². The molecule has 0 aromatic rings. The fraction of sp³-hybridized carbons (Fsp3) is 0.786. The molecule has 1 aliphatic heterocycles. The van der Waals surface area contributed by atoms with Gasteiger partial charge in [0.2, 0.25) is 11.8 Å². The summed E-state index contributed by atoms with van der Waals surface area (Å²) in [4.78, 5) is 38.0. The smallest absolute Gasteiger partial charge is 0.330 e. The van der Waals surface area contributed by atoms with Crippen molar-refractivity contribution in [3.63, 3.8) is 0 Å². The standard InChI is InChI=1S/C14H22N2O4/c1-13(2,20-3)9-16-11(18)14(7-5-4-6-8-14)10(17)15-12(16)19/h4-9H2,1-3H3,(H,15,17,19). The summed E-state index contributed by atoms with van der Waals surface area (Å²) in [5, 5.41) is 2.34. The number of methoxy groups -OCH3 is 1. The Bertz CT molecular complexity index is 438.